The molecule has 2 heterocycles. The summed E-state index contributed by atoms with van der Waals surface area (Å²) >= 11 is 0. The number of rotatable bonds is 2. The molecule has 0 spiro atoms. The molecule has 6 nitrogen and oxygen atoms in total. The van der Waals surface area contributed by atoms with Gasteiger partial charge in [-0.25, -0.2) is 4.79 Å². The van der Waals surface area contributed by atoms with Crippen molar-refractivity contribution in [2.75, 3.05) is 11.4 Å². The topological polar surface area (TPSA) is 79.4 Å². The number of carbonyl (C=O) groups is 3. The largest absolute Gasteiger partial charge is 0.328 e. The maximum Gasteiger partial charge on any atom is 0.328 e. The molecule has 20 heavy (non-hydrogen) atoms. The van der Waals surface area contributed by atoms with E-state index in [9.17, 15) is 14.4 Å². The van der Waals surface area contributed by atoms with Crippen LogP contribution in [-0.2, 0) is 4.79 Å². The number of imide groups is 1. The summed E-state index contributed by atoms with van der Waals surface area (Å²) in [5, 5.41) is 3.98. The predicted octanol–water partition coefficient (Wildman–Crippen LogP) is 1.49. The SMILES string of the molecule is O=Cc1cc2cc(N3CCC(=O)NC3=O)ccc2cn1. The minimum Gasteiger partial charge on any atom is -0.296 e. The summed E-state index contributed by atoms with van der Waals surface area (Å²) in [4.78, 5) is 39.2. The average molecular weight is 269 g/mol. The molecule has 0 saturated carbocycles. The van der Waals surface area contributed by atoms with Gasteiger partial charge in [0.15, 0.2) is 6.29 Å². The lowest BCUT2D eigenvalue weighted by molar-refractivity contribution is -0.120. The molecule has 3 rings (SSSR count). The first-order chi connectivity index (χ1) is 9.67. The highest BCUT2D eigenvalue weighted by molar-refractivity contribution is 6.06. The second kappa shape index (κ2) is 4.73. The van der Waals surface area contributed by atoms with Gasteiger partial charge in [-0.15, -0.1) is 0 Å². The van der Waals surface area contributed by atoms with Crippen molar-refractivity contribution < 1.29 is 14.4 Å². The maximum atomic E-state index is 11.8. The smallest absolute Gasteiger partial charge is 0.296 e. The van der Waals surface area contributed by atoms with Gasteiger partial charge in [0, 0.05) is 30.2 Å². The number of fused-ring (bicyclic) bond motifs is 1. The number of nitrogens with one attached hydrogen (secondary N) is 1. The third kappa shape index (κ3) is 2.11. The molecule has 0 atom stereocenters. The van der Waals surface area contributed by atoms with Crippen molar-refractivity contribution in [1.29, 1.82) is 0 Å². The molecule has 0 aliphatic carbocycles. The molecule has 6 heteroatoms. The molecule has 1 N–H and O–H groups in total. The lowest BCUT2D eigenvalue weighted by Crippen LogP contribution is -2.49. The Balaban J connectivity index is 2.01. The molecule has 0 unspecified atom stereocenters. The van der Waals surface area contributed by atoms with Crippen LogP contribution in [0.25, 0.3) is 10.8 Å². The van der Waals surface area contributed by atoms with E-state index in [1.807, 2.05) is 6.07 Å². The molecule has 3 amide bonds. The molecule has 1 aromatic heterocycles. The minimum atomic E-state index is -0.426. The number of hydrogen-bond donors (Lipinski definition) is 1. The van der Waals surface area contributed by atoms with Crippen LogP contribution in [0.4, 0.5) is 10.5 Å². The Morgan fingerprint density at radius 2 is 2.05 bits per heavy atom. The van der Waals surface area contributed by atoms with Gasteiger partial charge in [-0.1, -0.05) is 6.07 Å². The molecular weight excluding hydrogens is 258 g/mol. The van der Waals surface area contributed by atoms with Crippen molar-refractivity contribution in [2.45, 2.75) is 6.42 Å². The summed E-state index contributed by atoms with van der Waals surface area (Å²) in [5.74, 6) is -0.264. The number of aldehydes is 1. The number of urea groups is 1. The number of hydrogen-bond acceptors (Lipinski definition) is 4. The van der Waals surface area contributed by atoms with Gasteiger partial charge < -0.3 is 0 Å². The van der Waals surface area contributed by atoms with Crippen molar-refractivity contribution in [1.82, 2.24) is 10.3 Å². The molecule has 100 valence electrons. The number of anilines is 1. The van der Waals surface area contributed by atoms with Crippen molar-refractivity contribution in [3.8, 4) is 0 Å². The van der Waals surface area contributed by atoms with Crippen LogP contribution in [-0.4, -0.2) is 29.8 Å². The molecule has 1 fully saturated rings. The second-order valence-corrected chi connectivity index (χ2v) is 4.51. The number of benzene rings is 1. The van der Waals surface area contributed by atoms with Crippen LogP contribution in [0.2, 0.25) is 0 Å². The maximum absolute atomic E-state index is 11.8. The fourth-order valence-electron chi connectivity index (χ4n) is 2.19. The van der Waals surface area contributed by atoms with E-state index < -0.39 is 6.03 Å². The van der Waals surface area contributed by atoms with Gasteiger partial charge in [0.25, 0.3) is 0 Å². The van der Waals surface area contributed by atoms with Crippen LogP contribution < -0.4 is 10.2 Å². The highest BCUT2D eigenvalue weighted by Crippen LogP contribution is 2.23. The summed E-state index contributed by atoms with van der Waals surface area (Å²) in [6, 6.07) is 6.67. The van der Waals surface area contributed by atoms with E-state index in [4.69, 9.17) is 0 Å². The summed E-state index contributed by atoms with van der Waals surface area (Å²) in [6.07, 6.45) is 2.57. The Kier molecular flexibility index (Phi) is 2.90. The van der Waals surface area contributed by atoms with E-state index in [2.05, 4.69) is 10.3 Å². The first-order valence-electron chi connectivity index (χ1n) is 6.14. The lowest BCUT2D eigenvalue weighted by atomic mass is 10.1. The van der Waals surface area contributed by atoms with E-state index in [0.717, 1.165) is 10.8 Å². The van der Waals surface area contributed by atoms with E-state index in [-0.39, 0.29) is 12.3 Å². The Morgan fingerprint density at radius 1 is 1.20 bits per heavy atom. The van der Waals surface area contributed by atoms with Gasteiger partial charge in [-0.05, 0) is 23.6 Å². The van der Waals surface area contributed by atoms with Gasteiger partial charge >= 0.3 is 6.03 Å². The van der Waals surface area contributed by atoms with E-state index >= 15 is 0 Å². The molecule has 2 aromatic rings. The van der Waals surface area contributed by atoms with Gasteiger partial charge in [0.05, 0.1) is 0 Å². The number of carbonyl (C=O) groups excluding carboxylic acids is 3. The first kappa shape index (κ1) is 12.3. The standard InChI is InChI=1S/C14H11N3O3/c18-8-11-5-10-6-12(2-1-9(10)7-15-11)17-4-3-13(19)16-14(17)20/h1-2,5-8H,3-4H2,(H,16,19,20). The van der Waals surface area contributed by atoms with Crippen LogP contribution in [0.5, 0.6) is 0 Å². The summed E-state index contributed by atoms with van der Waals surface area (Å²) < 4.78 is 0. The summed E-state index contributed by atoms with van der Waals surface area (Å²) in [7, 11) is 0. The Bertz CT molecular complexity index is 727. The third-order valence-electron chi connectivity index (χ3n) is 3.21. The zero-order valence-electron chi connectivity index (χ0n) is 10.5. The zero-order valence-corrected chi connectivity index (χ0v) is 10.5. The van der Waals surface area contributed by atoms with E-state index in [0.29, 0.717) is 24.2 Å². The first-order valence-corrected chi connectivity index (χ1v) is 6.14. The zero-order chi connectivity index (χ0) is 14.1. The Hall–Kier alpha value is -2.76. The fourth-order valence-corrected chi connectivity index (χ4v) is 2.19. The van der Waals surface area contributed by atoms with Crippen molar-refractivity contribution in [3.63, 3.8) is 0 Å². The van der Waals surface area contributed by atoms with E-state index in [1.54, 1.807) is 24.4 Å². The van der Waals surface area contributed by atoms with E-state index in [1.165, 1.54) is 4.90 Å². The average Bonchev–Trinajstić information content (AvgIpc) is 2.46. The minimum absolute atomic E-state index is 0.264. The highest BCUT2D eigenvalue weighted by Gasteiger charge is 2.24. The van der Waals surface area contributed by atoms with Crippen molar-refractivity contribution in [2.24, 2.45) is 0 Å². The van der Waals surface area contributed by atoms with Gasteiger partial charge in [0.2, 0.25) is 5.91 Å². The monoisotopic (exact) mass is 269 g/mol. The van der Waals surface area contributed by atoms with Gasteiger partial charge in [0.1, 0.15) is 5.69 Å². The molecular formula is C14H11N3O3. The third-order valence-corrected chi connectivity index (χ3v) is 3.21. The fraction of sp³-hybridized carbons (Fsp3) is 0.143. The van der Waals surface area contributed by atoms with Crippen LogP contribution in [0.15, 0.2) is 30.5 Å². The van der Waals surface area contributed by atoms with Gasteiger partial charge in [-0.3, -0.25) is 24.8 Å². The number of aromatic nitrogens is 1. The normalized spacial score (nSPS) is 15.3. The van der Waals surface area contributed by atoms with Crippen LogP contribution in [0.3, 0.4) is 0 Å². The molecule has 1 aliphatic heterocycles. The molecule has 1 saturated heterocycles. The predicted molar refractivity (Wildman–Crippen MR) is 72.6 cm³/mol. The molecule has 1 aliphatic rings. The van der Waals surface area contributed by atoms with Crippen LogP contribution >= 0.6 is 0 Å². The lowest BCUT2D eigenvalue weighted by Gasteiger charge is -2.26. The number of pyridine rings is 1. The quantitative estimate of drug-likeness (QED) is 0.838. The summed E-state index contributed by atoms with van der Waals surface area (Å²) in [6.45, 7) is 0.349. The number of amides is 3. The molecule has 0 radical (unpaired) electrons. The second-order valence-electron chi connectivity index (χ2n) is 4.51. The molecule has 0 bridgehead atoms. The van der Waals surface area contributed by atoms with Crippen molar-refractivity contribution in [3.05, 3.63) is 36.2 Å². The van der Waals surface area contributed by atoms with Gasteiger partial charge in [-0.2, -0.15) is 0 Å². The van der Waals surface area contributed by atoms with Crippen LogP contribution in [0.1, 0.15) is 16.9 Å². The number of nitrogens with zero attached hydrogens (tertiary/aromatic N) is 2. The van der Waals surface area contributed by atoms with Crippen molar-refractivity contribution >= 4 is 34.7 Å². The van der Waals surface area contributed by atoms with Crippen LogP contribution in [0, 0.1) is 0 Å². The Labute approximate surface area is 114 Å². The molecule has 1 aromatic carbocycles. The summed E-state index contributed by atoms with van der Waals surface area (Å²) in [5.41, 5.74) is 1.03. The Morgan fingerprint density at radius 3 is 2.80 bits per heavy atom. The highest BCUT2D eigenvalue weighted by atomic mass is 16.2.